The fourth-order valence-corrected chi connectivity index (χ4v) is 2.39. The largest absolute Gasteiger partial charge is 0.478 e. The summed E-state index contributed by atoms with van der Waals surface area (Å²) in [5.74, 6) is 3.03. The lowest BCUT2D eigenvalue weighted by molar-refractivity contribution is 0.325. The Balaban J connectivity index is 2.09. The van der Waals surface area contributed by atoms with E-state index in [0.717, 1.165) is 17.6 Å². The predicted octanol–water partition coefficient (Wildman–Crippen LogP) is 2.78. The van der Waals surface area contributed by atoms with Crippen molar-refractivity contribution in [2.24, 2.45) is 5.92 Å². The normalized spacial score (nSPS) is 23.7. The van der Waals surface area contributed by atoms with Crippen molar-refractivity contribution in [3.8, 4) is 5.88 Å². The molecule has 4 nitrogen and oxygen atoms in total. The van der Waals surface area contributed by atoms with Crippen molar-refractivity contribution < 1.29 is 4.74 Å². The second-order valence-corrected chi connectivity index (χ2v) is 4.73. The quantitative estimate of drug-likeness (QED) is 0.871. The Labute approximate surface area is 103 Å². The van der Waals surface area contributed by atoms with E-state index in [0.29, 0.717) is 18.5 Å². The highest BCUT2D eigenvalue weighted by molar-refractivity contribution is 5.39. The van der Waals surface area contributed by atoms with Crippen molar-refractivity contribution in [3.05, 3.63) is 11.9 Å². The van der Waals surface area contributed by atoms with Gasteiger partial charge in [0.2, 0.25) is 5.88 Å². The zero-order chi connectivity index (χ0) is 12.3. The molecule has 1 aliphatic rings. The Morgan fingerprint density at radius 2 is 2.24 bits per heavy atom. The molecule has 17 heavy (non-hydrogen) atoms. The molecule has 0 aliphatic heterocycles. The molecule has 2 rings (SSSR count). The van der Waals surface area contributed by atoms with Gasteiger partial charge >= 0.3 is 0 Å². The van der Waals surface area contributed by atoms with Crippen molar-refractivity contribution in [1.82, 2.24) is 9.97 Å². The summed E-state index contributed by atoms with van der Waals surface area (Å²) in [6, 6.07) is 2.43. The summed E-state index contributed by atoms with van der Waals surface area (Å²) in [4.78, 5) is 8.66. The van der Waals surface area contributed by atoms with E-state index in [4.69, 9.17) is 4.74 Å². The van der Waals surface area contributed by atoms with Crippen LogP contribution in [0.5, 0.6) is 5.88 Å². The molecule has 1 saturated carbocycles. The second kappa shape index (κ2) is 5.34. The molecule has 0 saturated heterocycles. The average molecular weight is 235 g/mol. The number of nitrogens with one attached hydrogen (secondary N) is 1. The monoisotopic (exact) mass is 235 g/mol. The zero-order valence-corrected chi connectivity index (χ0v) is 10.9. The van der Waals surface area contributed by atoms with Crippen LogP contribution in [0.15, 0.2) is 6.07 Å². The first-order valence-corrected chi connectivity index (χ1v) is 6.44. The van der Waals surface area contributed by atoms with Gasteiger partial charge in [-0.2, -0.15) is 4.98 Å². The number of ether oxygens (including phenoxy) is 1. The molecule has 1 heterocycles. The van der Waals surface area contributed by atoms with Gasteiger partial charge in [-0.3, -0.25) is 0 Å². The molecule has 0 amide bonds. The molecular formula is C13H21N3O. The third-order valence-corrected chi connectivity index (χ3v) is 3.30. The molecular weight excluding hydrogens is 214 g/mol. The summed E-state index contributed by atoms with van der Waals surface area (Å²) < 4.78 is 5.43. The van der Waals surface area contributed by atoms with Crippen LogP contribution < -0.4 is 10.1 Å². The maximum absolute atomic E-state index is 5.43. The molecule has 2 unspecified atom stereocenters. The van der Waals surface area contributed by atoms with Gasteiger partial charge < -0.3 is 10.1 Å². The maximum atomic E-state index is 5.43. The summed E-state index contributed by atoms with van der Waals surface area (Å²) in [6.45, 7) is 6.78. The van der Waals surface area contributed by atoms with E-state index < -0.39 is 0 Å². The molecule has 1 fully saturated rings. The molecule has 0 bridgehead atoms. The van der Waals surface area contributed by atoms with Crippen molar-refractivity contribution in [1.29, 1.82) is 0 Å². The fraction of sp³-hybridized carbons (Fsp3) is 0.692. The van der Waals surface area contributed by atoms with Crippen molar-refractivity contribution in [2.45, 2.75) is 46.1 Å². The van der Waals surface area contributed by atoms with E-state index in [-0.39, 0.29) is 0 Å². The smallest absolute Gasteiger partial charge is 0.218 e. The van der Waals surface area contributed by atoms with E-state index >= 15 is 0 Å². The van der Waals surface area contributed by atoms with Gasteiger partial charge in [-0.25, -0.2) is 4.98 Å². The minimum absolute atomic E-state index is 0.541. The van der Waals surface area contributed by atoms with Gasteiger partial charge in [0.1, 0.15) is 11.6 Å². The average Bonchev–Trinajstić information content (AvgIpc) is 2.64. The highest BCUT2D eigenvalue weighted by Gasteiger charge is 2.23. The van der Waals surface area contributed by atoms with Gasteiger partial charge in [-0.15, -0.1) is 0 Å². The first-order chi connectivity index (χ1) is 8.19. The first-order valence-electron chi connectivity index (χ1n) is 6.44. The molecule has 94 valence electrons. The highest BCUT2D eigenvalue weighted by atomic mass is 16.5. The third-order valence-electron chi connectivity index (χ3n) is 3.30. The van der Waals surface area contributed by atoms with Crippen LogP contribution in [0.4, 0.5) is 5.82 Å². The van der Waals surface area contributed by atoms with Crippen molar-refractivity contribution >= 4 is 5.82 Å². The topological polar surface area (TPSA) is 47.0 Å². The molecule has 1 N–H and O–H groups in total. The van der Waals surface area contributed by atoms with Crippen molar-refractivity contribution in [2.75, 3.05) is 11.9 Å². The first kappa shape index (κ1) is 12.1. The van der Waals surface area contributed by atoms with Gasteiger partial charge in [-0.05, 0) is 32.6 Å². The minimum Gasteiger partial charge on any atom is -0.478 e. The summed E-state index contributed by atoms with van der Waals surface area (Å²) in [6.07, 6.45) is 3.84. The van der Waals surface area contributed by atoms with Crippen LogP contribution in [-0.4, -0.2) is 22.6 Å². The summed E-state index contributed by atoms with van der Waals surface area (Å²) in [5, 5.41) is 3.50. The van der Waals surface area contributed by atoms with Crippen molar-refractivity contribution in [3.63, 3.8) is 0 Å². The number of nitrogens with zero attached hydrogens (tertiary/aromatic N) is 2. The summed E-state index contributed by atoms with van der Waals surface area (Å²) in [5.41, 5.74) is 0. The minimum atomic E-state index is 0.541. The van der Waals surface area contributed by atoms with Gasteiger partial charge in [0, 0.05) is 12.1 Å². The van der Waals surface area contributed by atoms with Crippen LogP contribution >= 0.6 is 0 Å². The number of hydrogen-bond acceptors (Lipinski definition) is 4. The summed E-state index contributed by atoms with van der Waals surface area (Å²) in [7, 11) is 0. The number of aromatic nitrogens is 2. The summed E-state index contributed by atoms with van der Waals surface area (Å²) >= 11 is 0. The van der Waals surface area contributed by atoms with E-state index in [1.807, 2.05) is 19.9 Å². The van der Waals surface area contributed by atoms with Gasteiger partial charge in [0.25, 0.3) is 0 Å². The van der Waals surface area contributed by atoms with Crippen LogP contribution in [0.3, 0.4) is 0 Å². The van der Waals surface area contributed by atoms with Crippen LogP contribution in [0.1, 0.15) is 38.9 Å². The van der Waals surface area contributed by atoms with Crippen LogP contribution in [-0.2, 0) is 0 Å². The van der Waals surface area contributed by atoms with Gasteiger partial charge in [0.15, 0.2) is 0 Å². The Morgan fingerprint density at radius 1 is 1.41 bits per heavy atom. The number of aryl methyl sites for hydroxylation is 1. The Hall–Kier alpha value is -1.32. The third kappa shape index (κ3) is 3.08. The van der Waals surface area contributed by atoms with E-state index in [9.17, 15) is 0 Å². The maximum Gasteiger partial charge on any atom is 0.218 e. The van der Waals surface area contributed by atoms with Crippen LogP contribution in [0.2, 0.25) is 0 Å². The zero-order valence-electron chi connectivity index (χ0n) is 10.9. The predicted molar refractivity (Wildman–Crippen MR) is 68.4 cm³/mol. The molecule has 0 aromatic carbocycles. The molecule has 0 radical (unpaired) electrons. The number of hydrogen-bond donors (Lipinski definition) is 1. The van der Waals surface area contributed by atoms with Gasteiger partial charge in [0.05, 0.1) is 6.61 Å². The van der Waals surface area contributed by atoms with Crippen LogP contribution in [0, 0.1) is 12.8 Å². The lowest BCUT2D eigenvalue weighted by Crippen LogP contribution is -2.22. The number of anilines is 1. The van der Waals surface area contributed by atoms with Crippen LogP contribution in [0.25, 0.3) is 0 Å². The Morgan fingerprint density at radius 3 is 2.88 bits per heavy atom. The molecule has 1 aliphatic carbocycles. The molecule has 4 heteroatoms. The fourth-order valence-electron chi connectivity index (χ4n) is 2.39. The van der Waals surface area contributed by atoms with E-state index in [1.165, 1.54) is 19.3 Å². The molecule has 1 aromatic rings. The Bertz CT molecular complexity index is 381. The van der Waals surface area contributed by atoms with E-state index in [1.54, 1.807) is 0 Å². The SMILES string of the molecule is CCOc1cc(NC2CCCC2C)nc(C)n1. The second-order valence-electron chi connectivity index (χ2n) is 4.73. The van der Waals surface area contributed by atoms with Gasteiger partial charge in [-0.1, -0.05) is 13.3 Å². The molecule has 0 spiro atoms. The molecule has 1 aromatic heterocycles. The number of rotatable bonds is 4. The Kier molecular flexibility index (Phi) is 3.82. The lowest BCUT2D eigenvalue weighted by Gasteiger charge is -2.18. The molecule has 2 atom stereocenters. The van der Waals surface area contributed by atoms with E-state index in [2.05, 4.69) is 22.2 Å². The standard InChI is InChI=1S/C13H21N3O/c1-4-17-13-8-12(14-10(3)15-13)16-11-7-5-6-9(11)2/h8-9,11H,4-7H2,1-3H3,(H,14,15,16). The lowest BCUT2D eigenvalue weighted by atomic mass is 10.1. The highest BCUT2D eigenvalue weighted by Crippen LogP contribution is 2.28.